The predicted molar refractivity (Wildman–Crippen MR) is 117 cm³/mol. The van der Waals surface area contributed by atoms with Crippen LogP contribution in [-0.2, 0) is 20.8 Å². The van der Waals surface area contributed by atoms with Crippen molar-refractivity contribution >= 4 is 23.7 Å². The molecule has 0 aliphatic heterocycles. The quantitative estimate of drug-likeness (QED) is 0.166. The smallest absolute Gasteiger partial charge is 0.243 e. The lowest BCUT2D eigenvalue weighted by molar-refractivity contribution is -0.131. The van der Waals surface area contributed by atoms with E-state index >= 15 is 0 Å². The first-order chi connectivity index (χ1) is 14.3. The lowest BCUT2D eigenvalue weighted by Crippen LogP contribution is -2.53. The molecule has 0 aliphatic carbocycles. The van der Waals surface area contributed by atoms with Gasteiger partial charge in [-0.05, 0) is 24.8 Å². The summed E-state index contributed by atoms with van der Waals surface area (Å²) in [5.74, 6) is -1.33. The first-order valence-corrected chi connectivity index (χ1v) is 10.3. The summed E-state index contributed by atoms with van der Waals surface area (Å²) in [7, 11) is 0. The van der Waals surface area contributed by atoms with Crippen molar-refractivity contribution in [3.63, 3.8) is 0 Å². The van der Waals surface area contributed by atoms with E-state index < -0.39 is 23.9 Å². The summed E-state index contributed by atoms with van der Waals surface area (Å²) < 4.78 is 0. The van der Waals surface area contributed by atoms with Crippen LogP contribution in [0, 0.1) is 0 Å². The molecule has 0 aliphatic rings. The van der Waals surface area contributed by atoms with E-state index in [0.29, 0.717) is 25.8 Å². The normalized spacial score (nSPS) is 12.4. The van der Waals surface area contributed by atoms with Crippen molar-refractivity contribution in [2.75, 3.05) is 6.54 Å². The topological polar surface area (TPSA) is 166 Å². The maximum absolute atomic E-state index is 12.8. The fraction of sp³-hybridized carbons (Fsp3) is 0.524. The standard InChI is InChI=1S/C21H34N6O3/c1-2-3-5-12-18(28)26-16(11-8-13-25-21(23)24)20(30)27-17(19(22)29)14-15-9-6-4-7-10-15/h4,6-7,9-10,16-17H,2-3,5,8,11-14H2,1H3,(H2,22,29)(H,26,28)(H,27,30)(H4,23,24,25)/t16-,17-/m0/s1. The van der Waals surface area contributed by atoms with Crippen LogP contribution < -0.4 is 27.8 Å². The second-order valence-electron chi connectivity index (χ2n) is 7.18. The zero-order chi connectivity index (χ0) is 22.4. The SMILES string of the molecule is CCCCCC(=O)N[C@@H](CCCN=C(N)N)C(=O)N[C@@H](Cc1ccccc1)C(N)=O. The number of benzene rings is 1. The van der Waals surface area contributed by atoms with E-state index in [1.165, 1.54) is 0 Å². The van der Waals surface area contributed by atoms with Gasteiger partial charge in [-0.25, -0.2) is 0 Å². The number of primary amides is 1. The molecule has 1 aromatic carbocycles. The number of amides is 3. The van der Waals surface area contributed by atoms with Crippen LogP contribution in [0.25, 0.3) is 0 Å². The summed E-state index contributed by atoms with van der Waals surface area (Å²) in [6, 6.07) is 7.58. The number of carbonyl (C=O) groups is 3. The van der Waals surface area contributed by atoms with Crippen LogP contribution in [0.2, 0.25) is 0 Å². The van der Waals surface area contributed by atoms with Crippen LogP contribution >= 0.6 is 0 Å². The fourth-order valence-electron chi connectivity index (χ4n) is 2.92. The molecule has 0 saturated carbocycles. The molecule has 2 atom stereocenters. The van der Waals surface area contributed by atoms with Crippen LogP contribution in [0.15, 0.2) is 35.3 Å². The number of carbonyl (C=O) groups excluding carboxylic acids is 3. The molecule has 0 unspecified atom stereocenters. The number of unbranched alkanes of at least 4 members (excludes halogenated alkanes) is 2. The van der Waals surface area contributed by atoms with Crippen molar-refractivity contribution in [1.29, 1.82) is 0 Å². The van der Waals surface area contributed by atoms with Gasteiger partial charge in [0.25, 0.3) is 0 Å². The molecule has 0 bridgehead atoms. The third-order valence-corrected chi connectivity index (χ3v) is 4.55. The van der Waals surface area contributed by atoms with E-state index in [1.54, 1.807) is 0 Å². The minimum Gasteiger partial charge on any atom is -0.370 e. The van der Waals surface area contributed by atoms with E-state index in [-0.39, 0.29) is 18.3 Å². The van der Waals surface area contributed by atoms with Gasteiger partial charge in [-0.2, -0.15) is 0 Å². The number of nitrogens with one attached hydrogen (secondary N) is 2. The van der Waals surface area contributed by atoms with Gasteiger partial charge in [-0.3, -0.25) is 19.4 Å². The van der Waals surface area contributed by atoms with Gasteiger partial charge in [0, 0.05) is 19.4 Å². The number of guanidine groups is 1. The Morgan fingerprint density at radius 2 is 1.67 bits per heavy atom. The Morgan fingerprint density at radius 3 is 2.27 bits per heavy atom. The van der Waals surface area contributed by atoms with Crippen molar-refractivity contribution in [2.24, 2.45) is 22.2 Å². The maximum atomic E-state index is 12.8. The Balaban J connectivity index is 2.77. The minimum atomic E-state index is -0.878. The summed E-state index contributed by atoms with van der Waals surface area (Å²) in [4.78, 5) is 40.8. The van der Waals surface area contributed by atoms with Gasteiger partial charge in [0.1, 0.15) is 12.1 Å². The summed E-state index contributed by atoms with van der Waals surface area (Å²) in [6.07, 6.45) is 4.12. The van der Waals surface area contributed by atoms with Gasteiger partial charge in [-0.1, -0.05) is 50.1 Å². The van der Waals surface area contributed by atoms with Crippen LogP contribution in [-0.4, -0.2) is 42.3 Å². The fourth-order valence-corrected chi connectivity index (χ4v) is 2.92. The zero-order valence-corrected chi connectivity index (χ0v) is 17.6. The number of hydrogen-bond donors (Lipinski definition) is 5. The third-order valence-electron chi connectivity index (χ3n) is 4.55. The van der Waals surface area contributed by atoms with E-state index in [9.17, 15) is 14.4 Å². The Bertz CT molecular complexity index is 704. The van der Waals surface area contributed by atoms with Crippen molar-refractivity contribution in [3.05, 3.63) is 35.9 Å². The van der Waals surface area contributed by atoms with Crippen molar-refractivity contribution in [1.82, 2.24) is 10.6 Å². The van der Waals surface area contributed by atoms with Gasteiger partial charge in [-0.15, -0.1) is 0 Å². The molecule has 1 aromatic rings. The molecule has 8 N–H and O–H groups in total. The zero-order valence-electron chi connectivity index (χ0n) is 17.6. The largest absolute Gasteiger partial charge is 0.370 e. The Labute approximate surface area is 177 Å². The van der Waals surface area contributed by atoms with Gasteiger partial charge >= 0.3 is 0 Å². The molecule has 166 valence electrons. The first kappa shape index (κ1) is 24.9. The van der Waals surface area contributed by atoms with Crippen LogP contribution in [0.5, 0.6) is 0 Å². The molecule has 0 aromatic heterocycles. The van der Waals surface area contributed by atoms with E-state index in [0.717, 1.165) is 24.8 Å². The van der Waals surface area contributed by atoms with E-state index in [1.807, 2.05) is 30.3 Å². The molecule has 9 nitrogen and oxygen atoms in total. The average Bonchev–Trinajstić information content (AvgIpc) is 2.70. The molecule has 3 amide bonds. The molecule has 0 fully saturated rings. The van der Waals surface area contributed by atoms with Crippen molar-refractivity contribution < 1.29 is 14.4 Å². The maximum Gasteiger partial charge on any atom is 0.243 e. The van der Waals surface area contributed by atoms with Gasteiger partial charge in [0.2, 0.25) is 17.7 Å². The number of nitrogens with zero attached hydrogens (tertiary/aromatic N) is 1. The molecule has 0 spiro atoms. The second-order valence-corrected chi connectivity index (χ2v) is 7.18. The van der Waals surface area contributed by atoms with Crippen molar-refractivity contribution in [2.45, 2.75) is 64.0 Å². The molecular weight excluding hydrogens is 384 g/mol. The van der Waals surface area contributed by atoms with Crippen LogP contribution in [0.1, 0.15) is 51.0 Å². The molecule has 1 rings (SSSR count). The number of aliphatic imine (C=N–C) groups is 1. The molecule has 0 heterocycles. The summed E-state index contributed by atoms with van der Waals surface area (Å²) in [6.45, 7) is 2.38. The summed E-state index contributed by atoms with van der Waals surface area (Å²) >= 11 is 0. The van der Waals surface area contributed by atoms with Gasteiger partial charge < -0.3 is 27.8 Å². The Hall–Kier alpha value is -3.10. The molecule has 30 heavy (non-hydrogen) atoms. The molecule has 0 radical (unpaired) electrons. The lowest BCUT2D eigenvalue weighted by atomic mass is 10.0. The van der Waals surface area contributed by atoms with E-state index in [2.05, 4.69) is 22.5 Å². The summed E-state index contributed by atoms with van der Waals surface area (Å²) in [5.41, 5.74) is 17.0. The highest BCUT2D eigenvalue weighted by Gasteiger charge is 2.25. The highest BCUT2D eigenvalue weighted by molar-refractivity contribution is 5.91. The first-order valence-electron chi connectivity index (χ1n) is 10.3. The third kappa shape index (κ3) is 10.4. The van der Waals surface area contributed by atoms with Gasteiger partial charge in [0.15, 0.2) is 5.96 Å². The Kier molecular flexibility index (Phi) is 11.6. The second kappa shape index (κ2) is 14.0. The molecule has 0 saturated heterocycles. The van der Waals surface area contributed by atoms with Crippen molar-refractivity contribution in [3.8, 4) is 0 Å². The van der Waals surface area contributed by atoms with Gasteiger partial charge in [0.05, 0.1) is 0 Å². The lowest BCUT2D eigenvalue weighted by Gasteiger charge is -2.22. The molecule has 9 heteroatoms. The van der Waals surface area contributed by atoms with Crippen LogP contribution in [0.3, 0.4) is 0 Å². The predicted octanol–water partition coefficient (Wildman–Crippen LogP) is 0.318. The van der Waals surface area contributed by atoms with Crippen LogP contribution in [0.4, 0.5) is 0 Å². The number of hydrogen-bond acceptors (Lipinski definition) is 4. The highest BCUT2D eigenvalue weighted by atomic mass is 16.2. The average molecular weight is 419 g/mol. The highest BCUT2D eigenvalue weighted by Crippen LogP contribution is 2.06. The minimum absolute atomic E-state index is 0.0312. The molecular formula is C21H34N6O3. The number of nitrogens with two attached hydrogens (primary N) is 3. The Morgan fingerprint density at radius 1 is 0.967 bits per heavy atom. The summed E-state index contributed by atoms with van der Waals surface area (Å²) in [5, 5.41) is 5.43. The van der Waals surface area contributed by atoms with E-state index in [4.69, 9.17) is 17.2 Å². The number of rotatable bonds is 14. The monoisotopic (exact) mass is 418 g/mol.